The summed E-state index contributed by atoms with van der Waals surface area (Å²) in [5.41, 5.74) is 0.122. The van der Waals surface area contributed by atoms with Crippen molar-refractivity contribution < 1.29 is 10.0 Å². The van der Waals surface area contributed by atoms with Crippen molar-refractivity contribution in [2.45, 2.75) is 26.9 Å². The van der Waals surface area contributed by atoms with Crippen molar-refractivity contribution in [3.63, 3.8) is 0 Å². The van der Waals surface area contributed by atoms with Gasteiger partial charge in [-0.3, -0.25) is 10.1 Å². The first-order valence-corrected chi connectivity index (χ1v) is 6.93. The van der Waals surface area contributed by atoms with Gasteiger partial charge in [0.05, 0.1) is 11.0 Å². The second-order valence-corrected chi connectivity index (χ2v) is 6.19. The third-order valence-electron chi connectivity index (χ3n) is 3.60. The molecule has 0 aromatic carbocycles. The standard InChI is InChI=1S/C12H18N2O3S/c1-7-5-13(6-8(7)2)12-10(14(16)17)4-11(18-12)9(3)15/h4,7-9,15H,5-6H2,1-3H3/t7?,8?,9-/m1/s1. The van der Waals surface area contributed by atoms with Crippen molar-refractivity contribution in [1.29, 1.82) is 0 Å². The van der Waals surface area contributed by atoms with Crippen LogP contribution in [0.25, 0.3) is 0 Å². The fraction of sp³-hybridized carbons (Fsp3) is 0.667. The summed E-state index contributed by atoms with van der Waals surface area (Å²) in [6.07, 6.45) is -0.653. The molecule has 0 spiro atoms. The number of rotatable bonds is 3. The third kappa shape index (κ3) is 2.35. The van der Waals surface area contributed by atoms with Crippen LogP contribution in [0.4, 0.5) is 10.7 Å². The summed E-state index contributed by atoms with van der Waals surface area (Å²) in [6, 6.07) is 1.50. The van der Waals surface area contributed by atoms with Crippen LogP contribution in [-0.2, 0) is 0 Å². The van der Waals surface area contributed by atoms with Crippen LogP contribution in [0, 0.1) is 22.0 Å². The van der Waals surface area contributed by atoms with Crippen molar-refractivity contribution >= 4 is 22.0 Å². The maximum Gasteiger partial charge on any atom is 0.304 e. The second-order valence-electron chi connectivity index (χ2n) is 5.13. The van der Waals surface area contributed by atoms with Crippen LogP contribution in [0.5, 0.6) is 0 Å². The van der Waals surface area contributed by atoms with Gasteiger partial charge in [0, 0.05) is 24.0 Å². The lowest BCUT2D eigenvalue weighted by Gasteiger charge is -2.15. The molecule has 1 aromatic rings. The molecule has 18 heavy (non-hydrogen) atoms. The molecule has 6 heteroatoms. The molecule has 3 atom stereocenters. The minimum Gasteiger partial charge on any atom is -0.388 e. The van der Waals surface area contributed by atoms with Gasteiger partial charge >= 0.3 is 5.69 Å². The fourth-order valence-corrected chi connectivity index (χ4v) is 3.33. The maximum atomic E-state index is 11.1. The van der Waals surface area contributed by atoms with E-state index in [0.29, 0.717) is 21.7 Å². The van der Waals surface area contributed by atoms with Crippen LogP contribution in [0.3, 0.4) is 0 Å². The quantitative estimate of drug-likeness (QED) is 0.677. The SMILES string of the molecule is CC1CN(c2sc([C@@H](C)O)cc2[N+](=O)[O-])CC1C. The average molecular weight is 270 g/mol. The van der Waals surface area contributed by atoms with Crippen molar-refractivity contribution in [2.24, 2.45) is 11.8 Å². The Hall–Kier alpha value is -1.14. The monoisotopic (exact) mass is 270 g/mol. The molecule has 0 saturated carbocycles. The molecule has 2 unspecified atom stereocenters. The van der Waals surface area contributed by atoms with E-state index < -0.39 is 6.10 Å². The number of aliphatic hydroxyl groups is 1. The Morgan fingerprint density at radius 3 is 2.50 bits per heavy atom. The van der Waals surface area contributed by atoms with E-state index in [2.05, 4.69) is 18.7 Å². The van der Waals surface area contributed by atoms with Crippen molar-refractivity contribution in [2.75, 3.05) is 18.0 Å². The molecule has 5 nitrogen and oxygen atoms in total. The van der Waals surface area contributed by atoms with Crippen LogP contribution in [0.15, 0.2) is 6.07 Å². The van der Waals surface area contributed by atoms with E-state index in [1.54, 1.807) is 6.92 Å². The average Bonchev–Trinajstić information content (AvgIpc) is 2.83. The minimum atomic E-state index is -0.653. The molecule has 1 aromatic heterocycles. The smallest absolute Gasteiger partial charge is 0.304 e. The summed E-state index contributed by atoms with van der Waals surface area (Å²) in [6.45, 7) is 7.66. The van der Waals surface area contributed by atoms with Gasteiger partial charge in [-0.15, -0.1) is 11.3 Å². The van der Waals surface area contributed by atoms with Gasteiger partial charge in [-0.2, -0.15) is 0 Å². The highest BCUT2D eigenvalue weighted by atomic mass is 32.1. The molecule has 0 bridgehead atoms. The molecule has 0 amide bonds. The van der Waals surface area contributed by atoms with Gasteiger partial charge in [0.1, 0.15) is 0 Å². The van der Waals surface area contributed by atoms with Gasteiger partial charge in [-0.1, -0.05) is 13.8 Å². The zero-order valence-corrected chi connectivity index (χ0v) is 11.6. The van der Waals surface area contributed by atoms with Crippen LogP contribution in [-0.4, -0.2) is 23.1 Å². The zero-order valence-electron chi connectivity index (χ0n) is 10.8. The van der Waals surface area contributed by atoms with Gasteiger partial charge in [0.2, 0.25) is 0 Å². The van der Waals surface area contributed by atoms with Gasteiger partial charge in [0.25, 0.3) is 0 Å². The van der Waals surface area contributed by atoms with E-state index >= 15 is 0 Å². The van der Waals surface area contributed by atoms with E-state index in [1.165, 1.54) is 17.4 Å². The normalized spacial score (nSPS) is 25.4. The minimum absolute atomic E-state index is 0.122. The Balaban J connectivity index is 2.34. The van der Waals surface area contributed by atoms with Crippen LogP contribution < -0.4 is 4.90 Å². The van der Waals surface area contributed by atoms with Gasteiger partial charge in [-0.05, 0) is 18.8 Å². The second kappa shape index (κ2) is 4.85. The molecule has 1 N–H and O–H groups in total. The molecule has 2 heterocycles. The number of thiophene rings is 1. The Morgan fingerprint density at radius 2 is 2.06 bits per heavy atom. The highest BCUT2D eigenvalue weighted by Crippen LogP contribution is 2.42. The lowest BCUT2D eigenvalue weighted by molar-refractivity contribution is -0.383. The van der Waals surface area contributed by atoms with Gasteiger partial charge in [-0.25, -0.2) is 0 Å². The predicted octanol–water partition coefficient (Wildman–Crippen LogP) is 2.80. The van der Waals surface area contributed by atoms with E-state index in [-0.39, 0.29) is 10.6 Å². The fourth-order valence-electron chi connectivity index (χ4n) is 2.25. The molecule has 1 aliphatic heterocycles. The third-order valence-corrected chi connectivity index (χ3v) is 4.95. The lowest BCUT2D eigenvalue weighted by Crippen LogP contribution is -2.19. The Kier molecular flexibility index (Phi) is 3.59. The predicted molar refractivity (Wildman–Crippen MR) is 72.1 cm³/mol. The van der Waals surface area contributed by atoms with Crippen molar-refractivity contribution in [3.05, 3.63) is 21.1 Å². The summed E-state index contributed by atoms with van der Waals surface area (Å²) in [7, 11) is 0. The van der Waals surface area contributed by atoms with Crippen molar-refractivity contribution in [3.8, 4) is 0 Å². The first-order chi connectivity index (χ1) is 8.40. The molecule has 2 rings (SSSR count). The highest BCUT2D eigenvalue weighted by Gasteiger charge is 2.32. The van der Waals surface area contributed by atoms with Gasteiger partial charge in [0.15, 0.2) is 5.00 Å². The number of anilines is 1. The molecule has 0 aliphatic carbocycles. The van der Waals surface area contributed by atoms with E-state index in [9.17, 15) is 15.2 Å². The number of hydrogen-bond donors (Lipinski definition) is 1. The summed E-state index contributed by atoms with van der Waals surface area (Å²) in [5, 5.41) is 21.3. The Labute approximate surface area is 110 Å². The molecule has 1 fully saturated rings. The van der Waals surface area contributed by atoms with Gasteiger partial charge < -0.3 is 10.0 Å². The number of hydrogen-bond acceptors (Lipinski definition) is 5. The summed E-state index contributed by atoms with van der Waals surface area (Å²) in [4.78, 5) is 13.5. The molecular formula is C12H18N2O3S. The largest absolute Gasteiger partial charge is 0.388 e. The van der Waals surface area contributed by atoms with Crippen molar-refractivity contribution in [1.82, 2.24) is 0 Å². The first-order valence-electron chi connectivity index (χ1n) is 6.11. The highest BCUT2D eigenvalue weighted by molar-refractivity contribution is 7.16. The van der Waals surface area contributed by atoms with Crippen LogP contribution in [0.1, 0.15) is 31.8 Å². The Bertz CT molecular complexity index is 448. The number of aliphatic hydroxyl groups excluding tert-OH is 1. The molecule has 1 saturated heterocycles. The molecule has 0 radical (unpaired) electrons. The van der Waals surface area contributed by atoms with Crippen LogP contribution >= 0.6 is 11.3 Å². The molecule has 100 valence electrons. The maximum absolute atomic E-state index is 11.1. The summed E-state index contributed by atoms with van der Waals surface area (Å²) in [5.74, 6) is 1.09. The topological polar surface area (TPSA) is 66.6 Å². The number of nitro groups is 1. The number of nitrogens with zero attached hydrogens (tertiary/aromatic N) is 2. The summed E-state index contributed by atoms with van der Waals surface area (Å²) >= 11 is 1.33. The Morgan fingerprint density at radius 1 is 1.50 bits per heavy atom. The van der Waals surface area contributed by atoms with E-state index in [0.717, 1.165) is 13.1 Å². The van der Waals surface area contributed by atoms with E-state index in [4.69, 9.17) is 0 Å². The lowest BCUT2D eigenvalue weighted by atomic mass is 10.0. The zero-order chi connectivity index (χ0) is 13.4. The molecular weight excluding hydrogens is 252 g/mol. The van der Waals surface area contributed by atoms with E-state index in [1.807, 2.05) is 0 Å². The first kappa shape index (κ1) is 13.3. The molecule has 1 aliphatic rings. The van der Waals surface area contributed by atoms with Crippen LogP contribution in [0.2, 0.25) is 0 Å². The summed E-state index contributed by atoms with van der Waals surface area (Å²) < 4.78 is 0.